The summed E-state index contributed by atoms with van der Waals surface area (Å²) in [7, 11) is 0. The quantitative estimate of drug-likeness (QED) is 0.836. The van der Waals surface area contributed by atoms with E-state index in [4.69, 9.17) is 0 Å². The first-order valence-corrected chi connectivity index (χ1v) is 6.83. The van der Waals surface area contributed by atoms with Crippen LogP contribution in [0.4, 0.5) is 0 Å². The molecule has 2 nitrogen and oxygen atoms in total. The van der Waals surface area contributed by atoms with Crippen LogP contribution >= 0.6 is 22.6 Å². The Hall–Kier alpha value is -0.550. The van der Waals surface area contributed by atoms with Crippen molar-refractivity contribution in [2.45, 2.75) is 25.3 Å². The van der Waals surface area contributed by atoms with Crippen LogP contribution in [0.15, 0.2) is 28.4 Å². The molecule has 0 aliphatic heterocycles. The van der Waals surface area contributed by atoms with Gasteiger partial charge in [-0.25, -0.2) is 0 Å². The summed E-state index contributed by atoms with van der Waals surface area (Å²) in [6, 6.07) is 6.27. The van der Waals surface area contributed by atoms with Crippen LogP contribution in [0.25, 0.3) is 0 Å². The van der Waals surface area contributed by atoms with Gasteiger partial charge in [-0.05, 0) is 46.6 Å². The second-order valence-corrected chi connectivity index (χ2v) is 4.88. The zero-order valence-electron chi connectivity index (χ0n) is 9.12. The lowest BCUT2D eigenvalue weighted by Crippen LogP contribution is -2.34. The zero-order valence-corrected chi connectivity index (χ0v) is 11.3. The van der Waals surface area contributed by atoms with Crippen molar-refractivity contribution in [3.63, 3.8) is 0 Å². The van der Waals surface area contributed by atoms with E-state index in [-0.39, 0.29) is 0 Å². The molecule has 0 saturated carbocycles. The molecule has 1 aliphatic rings. The van der Waals surface area contributed by atoms with Gasteiger partial charge in [0, 0.05) is 12.6 Å². The molecule has 1 aromatic carbocycles. The van der Waals surface area contributed by atoms with Gasteiger partial charge in [-0.15, -0.1) is 0 Å². The van der Waals surface area contributed by atoms with E-state index in [2.05, 4.69) is 34.0 Å². The second-order valence-electron chi connectivity index (χ2n) is 4.16. The van der Waals surface area contributed by atoms with E-state index in [0.717, 1.165) is 19.4 Å². The Morgan fingerprint density at radius 2 is 2.31 bits per heavy atom. The van der Waals surface area contributed by atoms with Gasteiger partial charge < -0.3 is 10.4 Å². The molecule has 2 rings (SSSR count). The molecular formula is C13H16INO. The van der Waals surface area contributed by atoms with Crippen molar-refractivity contribution in [1.82, 2.24) is 5.32 Å². The highest BCUT2D eigenvalue weighted by atomic mass is 127. The third-order valence-corrected chi connectivity index (χ3v) is 3.54. The Morgan fingerprint density at radius 1 is 1.44 bits per heavy atom. The SMILES string of the molecule is Oc1ccc2c(c1)C[C@@H](NC/C=C/I)CC2. The van der Waals surface area contributed by atoms with Crippen LogP contribution in [0, 0.1) is 0 Å². The predicted octanol–water partition coefficient (Wildman–Crippen LogP) is 2.79. The Labute approximate surface area is 110 Å². The summed E-state index contributed by atoms with van der Waals surface area (Å²) >= 11 is 2.23. The van der Waals surface area contributed by atoms with Crippen molar-refractivity contribution in [3.05, 3.63) is 39.5 Å². The van der Waals surface area contributed by atoms with Crippen molar-refractivity contribution in [1.29, 1.82) is 0 Å². The number of aryl methyl sites for hydroxylation is 1. The van der Waals surface area contributed by atoms with Crippen LogP contribution in [0.1, 0.15) is 17.5 Å². The van der Waals surface area contributed by atoms with Crippen LogP contribution in [0.5, 0.6) is 5.75 Å². The molecule has 1 atom stereocenters. The first kappa shape index (κ1) is 11.9. The van der Waals surface area contributed by atoms with E-state index >= 15 is 0 Å². The molecule has 86 valence electrons. The van der Waals surface area contributed by atoms with E-state index in [1.807, 2.05) is 16.2 Å². The van der Waals surface area contributed by atoms with E-state index in [1.165, 1.54) is 17.5 Å². The number of hydrogen-bond donors (Lipinski definition) is 2. The lowest BCUT2D eigenvalue weighted by molar-refractivity contribution is 0.461. The number of nitrogens with one attached hydrogen (secondary N) is 1. The molecule has 2 N–H and O–H groups in total. The molecule has 0 heterocycles. The first-order chi connectivity index (χ1) is 7.79. The fraction of sp³-hybridized carbons (Fsp3) is 0.385. The van der Waals surface area contributed by atoms with Crippen LogP contribution in [-0.4, -0.2) is 17.7 Å². The molecule has 0 unspecified atom stereocenters. The van der Waals surface area contributed by atoms with Gasteiger partial charge in [0.25, 0.3) is 0 Å². The van der Waals surface area contributed by atoms with Crippen molar-refractivity contribution < 1.29 is 5.11 Å². The summed E-state index contributed by atoms with van der Waals surface area (Å²) in [4.78, 5) is 0. The summed E-state index contributed by atoms with van der Waals surface area (Å²) in [5, 5.41) is 13.0. The van der Waals surface area contributed by atoms with E-state index in [0.29, 0.717) is 11.8 Å². The second kappa shape index (κ2) is 5.68. The van der Waals surface area contributed by atoms with E-state index in [9.17, 15) is 5.11 Å². The fourth-order valence-corrected chi connectivity index (χ4v) is 2.45. The molecule has 0 aromatic heterocycles. The third-order valence-electron chi connectivity index (χ3n) is 3.03. The van der Waals surface area contributed by atoms with Gasteiger partial charge in [-0.1, -0.05) is 34.7 Å². The molecular weight excluding hydrogens is 313 g/mol. The number of benzene rings is 1. The lowest BCUT2D eigenvalue weighted by atomic mass is 9.88. The maximum absolute atomic E-state index is 9.46. The van der Waals surface area contributed by atoms with Crippen molar-refractivity contribution >= 4 is 22.6 Å². The number of rotatable bonds is 3. The van der Waals surface area contributed by atoms with Crippen molar-refractivity contribution in [3.8, 4) is 5.75 Å². The summed E-state index contributed by atoms with van der Waals surface area (Å²) in [6.07, 6.45) is 5.45. The van der Waals surface area contributed by atoms with E-state index in [1.54, 1.807) is 6.07 Å². The summed E-state index contributed by atoms with van der Waals surface area (Å²) in [5.74, 6) is 0.381. The molecule has 0 amide bonds. The average molecular weight is 329 g/mol. The molecule has 0 radical (unpaired) electrons. The van der Waals surface area contributed by atoms with Gasteiger partial charge in [0.15, 0.2) is 0 Å². The van der Waals surface area contributed by atoms with Crippen LogP contribution < -0.4 is 5.32 Å². The maximum Gasteiger partial charge on any atom is 0.115 e. The Bertz CT molecular complexity index is 390. The predicted molar refractivity (Wildman–Crippen MR) is 75.1 cm³/mol. The minimum atomic E-state index is 0.381. The molecule has 3 heteroatoms. The third kappa shape index (κ3) is 2.98. The molecule has 0 fully saturated rings. The van der Waals surface area contributed by atoms with Crippen LogP contribution in [0.3, 0.4) is 0 Å². The number of phenolic OH excluding ortho intramolecular Hbond substituents is 1. The van der Waals surface area contributed by atoms with Gasteiger partial charge in [-0.3, -0.25) is 0 Å². The summed E-state index contributed by atoms with van der Waals surface area (Å²) < 4.78 is 2.04. The Kier molecular flexibility index (Phi) is 4.23. The van der Waals surface area contributed by atoms with Gasteiger partial charge in [0.2, 0.25) is 0 Å². The van der Waals surface area contributed by atoms with Crippen molar-refractivity contribution in [2.24, 2.45) is 0 Å². The van der Waals surface area contributed by atoms with Gasteiger partial charge >= 0.3 is 0 Å². The van der Waals surface area contributed by atoms with E-state index < -0.39 is 0 Å². The minimum absolute atomic E-state index is 0.381. The first-order valence-electron chi connectivity index (χ1n) is 5.59. The average Bonchev–Trinajstić information content (AvgIpc) is 2.29. The number of fused-ring (bicyclic) bond motifs is 1. The standard InChI is InChI=1S/C13H16INO/c14-6-1-7-15-12-4-2-10-3-5-13(16)9-11(10)8-12/h1,3,5-6,9,12,15-16H,2,4,7-8H2/b6-1+/t12-/m0/s1. The van der Waals surface area contributed by atoms with Crippen LogP contribution in [-0.2, 0) is 12.8 Å². The lowest BCUT2D eigenvalue weighted by Gasteiger charge is -2.25. The normalized spacial score (nSPS) is 19.9. The Balaban J connectivity index is 1.99. The number of aromatic hydroxyl groups is 1. The molecule has 1 aromatic rings. The molecule has 0 saturated heterocycles. The minimum Gasteiger partial charge on any atom is -0.508 e. The number of hydrogen-bond acceptors (Lipinski definition) is 2. The highest BCUT2D eigenvalue weighted by Crippen LogP contribution is 2.24. The molecule has 16 heavy (non-hydrogen) atoms. The molecule has 1 aliphatic carbocycles. The van der Waals surface area contributed by atoms with Gasteiger partial charge in [0.05, 0.1) is 0 Å². The van der Waals surface area contributed by atoms with Crippen molar-refractivity contribution in [2.75, 3.05) is 6.54 Å². The smallest absolute Gasteiger partial charge is 0.115 e. The fourth-order valence-electron chi connectivity index (χ4n) is 2.20. The Morgan fingerprint density at radius 3 is 3.12 bits per heavy atom. The van der Waals surface area contributed by atoms with Gasteiger partial charge in [0.1, 0.15) is 5.75 Å². The summed E-state index contributed by atoms with van der Waals surface area (Å²) in [6.45, 7) is 0.932. The van der Waals surface area contributed by atoms with Gasteiger partial charge in [-0.2, -0.15) is 0 Å². The molecule has 0 bridgehead atoms. The molecule has 0 spiro atoms. The highest BCUT2D eigenvalue weighted by Gasteiger charge is 2.17. The monoisotopic (exact) mass is 329 g/mol. The largest absolute Gasteiger partial charge is 0.508 e. The zero-order chi connectivity index (χ0) is 11.4. The summed E-state index contributed by atoms with van der Waals surface area (Å²) in [5.41, 5.74) is 2.68. The highest BCUT2D eigenvalue weighted by molar-refractivity contribution is 14.1. The number of halogens is 1. The van der Waals surface area contributed by atoms with Crippen LogP contribution in [0.2, 0.25) is 0 Å². The maximum atomic E-state index is 9.46. The number of phenols is 1. The topological polar surface area (TPSA) is 32.3 Å².